The minimum Gasteiger partial charge on any atom is -0.430 e. The molecule has 5 rings (SSSR count). The molecule has 4 aromatic rings. The van der Waals surface area contributed by atoms with E-state index in [-0.39, 0.29) is 11.7 Å². The number of aryl methyl sites for hydroxylation is 1. The number of benzene rings is 3. The molecule has 2 heterocycles. The Labute approximate surface area is 207 Å². The van der Waals surface area contributed by atoms with E-state index in [1.165, 1.54) is 17.6 Å². The molecule has 35 heavy (non-hydrogen) atoms. The molecule has 1 aliphatic rings. The van der Waals surface area contributed by atoms with E-state index in [2.05, 4.69) is 9.36 Å². The molecule has 1 aromatic heterocycles. The predicted octanol–water partition coefficient (Wildman–Crippen LogP) is 5.33. The Morgan fingerprint density at radius 3 is 2.51 bits per heavy atom. The first-order valence-corrected chi connectivity index (χ1v) is 12.3. The molecule has 6 nitrogen and oxygen atoms in total. The highest BCUT2D eigenvalue weighted by Crippen LogP contribution is 2.29. The fourth-order valence-electron chi connectivity index (χ4n) is 4.11. The van der Waals surface area contributed by atoms with Crippen LogP contribution in [0.5, 0.6) is 10.9 Å². The van der Waals surface area contributed by atoms with Gasteiger partial charge in [-0.3, -0.25) is 4.79 Å². The molecule has 8 heteroatoms. The fourth-order valence-corrected chi connectivity index (χ4v) is 4.67. The molecule has 0 atom stereocenters. The van der Waals surface area contributed by atoms with Gasteiger partial charge in [0.2, 0.25) is 0 Å². The summed E-state index contributed by atoms with van der Waals surface area (Å²) in [4.78, 5) is 21.5. The highest BCUT2D eigenvalue weighted by Gasteiger charge is 2.24. The smallest absolute Gasteiger partial charge is 0.298 e. The first-order chi connectivity index (χ1) is 17.1. The number of amides is 1. The van der Waals surface area contributed by atoms with E-state index < -0.39 is 0 Å². The standard InChI is InChI=1S/C27H25FN4O2S/c1-19-11-12-21(26(33)32-15-13-31(14-16-32)23-10-6-5-9-22(23)28)18-24(19)34-27-29-25(30-35-27)17-20-7-3-2-4-8-20/h2-12,18H,13-17H2,1H3. The fraction of sp³-hybridized carbons (Fsp3) is 0.222. The maximum absolute atomic E-state index is 14.1. The lowest BCUT2D eigenvalue weighted by Gasteiger charge is -2.36. The van der Waals surface area contributed by atoms with Gasteiger partial charge in [-0.1, -0.05) is 48.5 Å². The molecule has 0 bridgehead atoms. The van der Waals surface area contributed by atoms with Gasteiger partial charge in [-0.05, 0) is 42.3 Å². The van der Waals surface area contributed by atoms with Crippen LogP contribution in [0.2, 0.25) is 0 Å². The number of hydrogen-bond donors (Lipinski definition) is 0. The molecule has 1 saturated heterocycles. The highest BCUT2D eigenvalue weighted by molar-refractivity contribution is 7.07. The van der Waals surface area contributed by atoms with Crippen LogP contribution in [0.25, 0.3) is 0 Å². The van der Waals surface area contributed by atoms with Crippen molar-refractivity contribution in [1.29, 1.82) is 0 Å². The van der Waals surface area contributed by atoms with Crippen LogP contribution in [0.3, 0.4) is 0 Å². The van der Waals surface area contributed by atoms with Crippen LogP contribution in [0.15, 0.2) is 72.8 Å². The molecule has 0 N–H and O–H groups in total. The summed E-state index contributed by atoms with van der Waals surface area (Å²) in [6.07, 6.45) is 0.636. The minimum absolute atomic E-state index is 0.0648. The Morgan fingerprint density at radius 2 is 1.74 bits per heavy atom. The maximum atomic E-state index is 14.1. The molecular formula is C27H25FN4O2S. The van der Waals surface area contributed by atoms with Crippen LogP contribution >= 0.6 is 11.5 Å². The first kappa shape index (κ1) is 23.0. The summed E-state index contributed by atoms with van der Waals surface area (Å²) in [7, 11) is 0. The van der Waals surface area contributed by atoms with Crippen molar-refractivity contribution >= 4 is 23.1 Å². The van der Waals surface area contributed by atoms with Crippen molar-refractivity contribution in [3.63, 3.8) is 0 Å². The van der Waals surface area contributed by atoms with E-state index in [9.17, 15) is 9.18 Å². The molecule has 1 amide bonds. The van der Waals surface area contributed by atoms with E-state index in [1.54, 1.807) is 23.1 Å². The van der Waals surface area contributed by atoms with Gasteiger partial charge in [0, 0.05) is 49.7 Å². The Morgan fingerprint density at radius 1 is 1.00 bits per heavy atom. The quantitative estimate of drug-likeness (QED) is 0.367. The largest absolute Gasteiger partial charge is 0.430 e. The molecule has 0 spiro atoms. The number of carbonyl (C=O) groups is 1. The number of hydrogen-bond acceptors (Lipinski definition) is 6. The second kappa shape index (κ2) is 10.2. The molecule has 1 fully saturated rings. The van der Waals surface area contributed by atoms with Crippen LogP contribution in [0.1, 0.15) is 27.3 Å². The number of anilines is 1. The molecule has 0 unspecified atom stereocenters. The van der Waals surface area contributed by atoms with Gasteiger partial charge in [0.1, 0.15) is 11.6 Å². The molecule has 178 valence electrons. The SMILES string of the molecule is Cc1ccc(C(=O)N2CCN(c3ccccc3F)CC2)cc1Oc1nc(Cc2ccccc2)ns1. The molecule has 3 aromatic carbocycles. The molecule has 0 radical (unpaired) electrons. The topological polar surface area (TPSA) is 58.6 Å². The van der Waals surface area contributed by atoms with Crippen LogP contribution in [0.4, 0.5) is 10.1 Å². The van der Waals surface area contributed by atoms with Crippen molar-refractivity contribution in [1.82, 2.24) is 14.3 Å². The van der Waals surface area contributed by atoms with Crippen molar-refractivity contribution in [2.24, 2.45) is 0 Å². The van der Waals surface area contributed by atoms with Crippen LogP contribution < -0.4 is 9.64 Å². The van der Waals surface area contributed by atoms with Crippen molar-refractivity contribution in [3.05, 3.63) is 101 Å². The van der Waals surface area contributed by atoms with Crippen molar-refractivity contribution in [3.8, 4) is 10.9 Å². The lowest BCUT2D eigenvalue weighted by molar-refractivity contribution is 0.0746. The lowest BCUT2D eigenvalue weighted by atomic mass is 10.1. The highest BCUT2D eigenvalue weighted by atomic mass is 32.1. The Bertz CT molecular complexity index is 1320. The van der Waals surface area contributed by atoms with Gasteiger partial charge >= 0.3 is 0 Å². The lowest BCUT2D eigenvalue weighted by Crippen LogP contribution is -2.49. The second-order valence-corrected chi connectivity index (χ2v) is 9.17. The first-order valence-electron chi connectivity index (χ1n) is 11.5. The van der Waals surface area contributed by atoms with Gasteiger partial charge in [0.05, 0.1) is 5.69 Å². The summed E-state index contributed by atoms with van der Waals surface area (Å²) < 4.78 is 24.5. The number of ether oxygens (including phenoxy) is 1. The monoisotopic (exact) mass is 488 g/mol. The normalized spacial score (nSPS) is 13.7. The maximum Gasteiger partial charge on any atom is 0.298 e. The van der Waals surface area contributed by atoms with Crippen LogP contribution in [-0.4, -0.2) is 46.3 Å². The summed E-state index contributed by atoms with van der Waals surface area (Å²) >= 11 is 1.20. The van der Waals surface area contributed by atoms with Crippen molar-refractivity contribution in [2.45, 2.75) is 13.3 Å². The summed E-state index contributed by atoms with van der Waals surface area (Å²) in [6, 6.07) is 22.2. The van der Waals surface area contributed by atoms with Crippen LogP contribution in [0, 0.1) is 12.7 Å². The van der Waals surface area contributed by atoms with E-state index in [0.717, 1.165) is 11.1 Å². The molecule has 0 saturated carbocycles. The number of piperazine rings is 1. The number of rotatable bonds is 6. The average molecular weight is 489 g/mol. The number of para-hydroxylation sites is 1. The van der Waals surface area contributed by atoms with Crippen molar-refractivity contribution in [2.75, 3.05) is 31.1 Å². The third-order valence-electron chi connectivity index (χ3n) is 6.05. The van der Waals surface area contributed by atoms with Gasteiger partial charge < -0.3 is 14.5 Å². The van der Waals surface area contributed by atoms with E-state index in [4.69, 9.17) is 4.74 Å². The van der Waals surface area contributed by atoms with Gasteiger partial charge in [-0.25, -0.2) is 4.39 Å². The zero-order chi connectivity index (χ0) is 24.2. The second-order valence-electron chi connectivity index (χ2n) is 8.45. The predicted molar refractivity (Wildman–Crippen MR) is 135 cm³/mol. The minimum atomic E-state index is -0.240. The van der Waals surface area contributed by atoms with E-state index in [1.807, 2.05) is 60.4 Å². The summed E-state index contributed by atoms with van der Waals surface area (Å²) in [5, 5.41) is 0.446. The number of carbonyl (C=O) groups excluding carboxylic acids is 1. The zero-order valence-corrected chi connectivity index (χ0v) is 20.2. The summed E-state index contributed by atoms with van der Waals surface area (Å²) in [5.41, 5.74) is 3.18. The zero-order valence-electron chi connectivity index (χ0n) is 19.4. The van der Waals surface area contributed by atoms with E-state index >= 15 is 0 Å². The number of aromatic nitrogens is 2. The van der Waals surface area contributed by atoms with Gasteiger partial charge in [0.15, 0.2) is 5.82 Å². The third kappa shape index (κ3) is 5.33. The Balaban J connectivity index is 1.24. The number of halogens is 1. The summed E-state index contributed by atoms with van der Waals surface area (Å²) in [6.45, 7) is 4.14. The third-order valence-corrected chi connectivity index (χ3v) is 6.68. The molecular weight excluding hydrogens is 463 g/mol. The van der Waals surface area contributed by atoms with E-state index in [0.29, 0.717) is 60.6 Å². The Kier molecular flexibility index (Phi) is 6.72. The molecule has 1 aliphatic heterocycles. The van der Waals surface area contributed by atoms with Gasteiger partial charge in [-0.2, -0.15) is 9.36 Å². The van der Waals surface area contributed by atoms with Gasteiger partial charge in [0.25, 0.3) is 11.1 Å². The Hall–Kier alpha value is -3.78. The molecule has 0 aliphatic carbocycles. The summed E-state index contributed by atoms with van der Waals surface area (Å²) in [5.74, 6) is 0.985. The average Bonchev–Trinajstić information content (AvgIpc) is 3.32. The number of nitrogens with zero attached hydrogens (tertiary/aromatic N) is 4. The van der Waals surface area contributed by atoms with Gasteiger partial charge in [-0.15, -0.1) is 0 Å². The van der Waals surface area contributed by atoms with Crippen molar-refractivity contribution < 1.29 is 13.9 Å². The van der Waals surface area contributed by atoms with Crippen LogP contribution in [-0.2, 0) is 6.42 Å².